The quantitative estimate of drug-likeness (QED) is 0.285. The molecule has 2 aliphatic rings. The number of esters is 1. The normalized spacial score (nSPS) is 22.2. The fourth-order valence-corrected chi connectivity index (χ4v) is 3.46. The number of piperidine rings is 1. The first-order valence-corrected chi connectivity index (χ1v) is 9.01. The average molecular weight is 467 g/mol. The van der Waals surface area contributed by atoms with Crippen molar-refractivity contribution in [1.82, 2.24) is 20.0 Å². The van der Waals surface area contributed by atoms with Crippen molar-refractivity contribution in [3.05, 3.63) is 0 Å². The molecular weight excluding hydrogens is 433 g/mol. The van der Waals surface area contributed by atoms with Gasteiger partial charge in [0, 0.05) is 58.9 Å². The minimum atomic E-state index is -0.0821. The number of nitrogens with one attached hydrogen (secondary N) is 1. The van der Waals surface area contributed by atoms with Gasteiger partial charge in [-0.15, -0.1) is 24.0 Å². The highest BCUT2D eigenvalue weighted by Gasteiger charge is 2.27. The summed E-state index contributed by atoms with van der Waals surface area (Å²) in [4.78, 5) is 23.2. The average Bonchev–Trinajstić information content (AvgIpc) is 2.62. The van der Waals surface area contributed by atoms with Crippen LogP contribution in [0.3, 0.4) is 0 Å². The van der Waals surface area contributed by atoms with Crippen molar-refractivity contribution >= 4 is 35.9 Å². The maximum Gasteiger partial charge on any atom is 0.308 e. The van der Waals surface area contributed by atoms with Gasteiger partial charge in [0.1, 0.15) is 0 Å². The molecule has 2 aliphatic heterocycles. The van der Waals surface area contributed by atoms with Crippen LogP contribution in [0.2, 0.25) is 0 Å². The van der Waals surface area contributed by atoms with Crippen LogP contribution in [0.4, 0.5) is 0 Å². The van der Waals surface area contributed by atoms with Crippen LogP contribution in [-0.4, -0.2) is 99.7 Å². The number of likely N-dealkylation sites (N-methyl/N-ethyl adjacent to an activating group) is 1. The Kier molecular flexibility index (Phi) is 10.0. The molecule has 1 unspecified atom stereocenters. The number of ether oxygens (including phenoxy) is 1. The van der Waals surface area contributed by atoms with E-state index in [9.17, 15) is 4.79 Å². The Morgan fingerprint density at radius 3 is 2.32 bits per heavy atom. The van der Waals surface area contributed by atoms with Crippen molar-refractivity contribution in [2.75, 3.05) is 67.0 Å². The van der Waals surface area contributed by atoms with Gasteiger partial charge in [-0.3, -0.25) is 14.7 Å². The predicted molar refractivity (Wildman–Crippen MR) is 112 cm³/mol. The molecule has 0 spiro atoms. The molecule has 0 aromatic heterocycles. The molecule has 0 radical (unpaired) electrons. The minimum Gasteiger partial charge on any atom is -0.469 e. The van der Waals surface area contributed by atoms with E-state index in [0.29, 0.717) is 6.04 Å². The highest BCUT2D eigenvalue weighted by molar-refractivity contribution is 14.0. The Morgan fingerprint density at radius 2 is 1.80 bits per heavy atom. The number of halogens is 1. The lowest BCUT2D eigenvalue weighted by atomic mass is 9.97. The molecule has 0 bridgehead atoms. The Labute approximate surface area is 169 Å². The minimum absolute atomic E-state index is 0. The van der Waals surface area contributed by atoms with Crippen LogP contribution in [0.1, 0.15) is 19.8 Å². The lowest BCUT2D eigenvalue weighted by molar-refractivity contribution is -0.146. The first-order valence-electron chi connectivity index (χ1n) is 9.01. The van der Waals surface area contributed by atoms with E-state index < -0.39 is 0 Å². The summed E-state index contributed by atoms with van der Waals surface area (Å²) in [5.41, 5.74) is 0. The molecule has 2 fully saturated rings. The fourth-order valence-electron chi connectivity index (χ4n) is 3.46. The zero-order chi connectivity index (χ0) is 17.5. The van der Waals surface area contributed by atoms with E-state index in [1.165, 1.54) is 7.11 Å². The molecule has 0 saturated carbocycles. The Morgan fingerprint density at radius 1 is 1.20 bits per heavy atom. The van der Waals surface area contributed by atoms with Gasteiger partial charge in [-0.05, 0) is 26.8 Å². The predicted octanol–water partition coefficient (Wildman–Crippen LogP) is 0.701. The number of hydrogen-bond acceptors (Lipinski definition) is 5. The summed E-state index contributed by atoms with van der Waals surface area (Å²) in [5.74, 6) is 0.897. The van der Waals surface area contributed by atoms with E-state index in [1.807, 2.05) is 7.05 Å². The summed E-state index contributed by atoms with van der Waals surface area (Å²) in [6.45, 7) is 9.40. The largest absolute Gasteiger partial charge is 0.469 e. The van der Waals surface area contributed by atoms with Gasteiger partial charge < -0.3 is 19.9 Å². The molecule has 0 aliphatic carbocycles. The standard InChI is InChI=1S/C17H33N5O2.HI/c1-14(21-11-9-20(3)10-12-21)13-19-17(18-2)22-7-5-15(6-8-22)16(23)24-4;/h14-15H,5-13H2,1-4H3,(H,18,19);1H. The Hall–Kier alpha value is -0.610. The molecule has 0 amide bonds. The van der Waals surface area contributed by atoms with Crippen molar-refractivity contribution in [1.29, 1.82) is 0 Å². The highest BCUT2D eigenvalue weighted by atomic mass is 127. The van der Waals surface area contributed by atoms with E-state index in [-0.39, 0.29) is 35.9 Å². The summed E-state index contributed by atoms with van der Waals surface area (Å²) in [6, 6.07) is 0.489. The number of methoxy groups -OCH3 is 1. The van der Waals surface area contributed by atoms with Crippen LogP contribution < -0.4 is 5.32 Å². The second-order valence-electron chi connectivity index (χ2n) is 6.90. The number of likely N-dealkylation sites (tertiary alicyclic amines) is 1. The van der Waals surface area contributed by atoms with Crippen LogP contribution >= 0.6 is 24.0 Å². The molecule has 2 saturated heterocycles. The van der Waals surface area contributed by atoms with Gasteiger partial charge in [0.2, 0.25) is 0 Å². The SMILES string of the molecule is CN=C(NCC(C)N1CCN(C)CC1)N1CCC(C(=O)OC)CC1.I. The van der Waals surface area contributed by atoms with Gasteiger partial charge in [-0.25, -0.2) is 0 Å². The smallest absolute Gasteiger partial charge is 0.308 e. The number of guanidine groups is 1. The molecule has 7 nitrogen and oxygen atoms in total. The molecule has 2 rings (SSSR count). The third kappa shape index (κ3) is 6.56. The third-order valence-corrected chi connectivity index (χ3v) is 5.26. The van der Waals surface area contributed by atoms with Gasteiger partial charge in [0.15, 0.2) is 5.96 Å². The van der Waals surface area contributed by atoms with E-state index in [4.69, 9.17) is 4.74 Å². The monoisotopic (exact) mass is 467 g/mol. The number of carbonyl (C=O) groups excluding carboxylic acids is 1. The van der Waals surface area contributed by atoms with Crippen molar-refractivity contribution in [3.8, 4) is 0 Å². The van der Waals surface area contributed by atoms with E-state index >= 15 is 0 Å². The molecule has 8 heteroatoms. The molecular formula is C17H34IN5O2. The zero-order valence-corrected chi connectivity index (χ0v) is 18.4. The lowest BCUT2D eigenvalue weighted by Crippen LogP contribution is -2.53. The van der Waals surface area contributed by atoms with Gasteiger partial charge in [0.05, 0.1) is 13.0 Å². The highest BCUT2D eigenvalue weighted by Crippen LogP contribution is 2.18. The summed E-state index contributed by atoms with van der Waals surface area (Å²) >= 11 is 0. The summed E-state index contributed by atoms with van der Waals surface area (Å²) in [5, 5.41) is 3.51. The van der Waals surface area contributed by atoms with Crippen molar-refractivity contribution < 1.29 is 9.53 Å². The Bertz CT molecular complexity index is 433. The van der Waals surface area contributed by atoms with Gasteiger partial charge in [-0.2, -0.15) is 0 Å². The van der Waals surface area contributed by atoms with Crippen LogP contribution in [0, 0.1) is 5.92 Å². The van der Waals surface area contributed by atoms with Gasteiger partial charge in [-0.1, -0.05) is 0 Å². The summed E-state index contributed by atoms with van der Waals surface area (Å²) < 4.78 is 4.85. The van der Waals surface area contributed by atoms with E-state index in [2.05, 4.69) is 39.0 Å². The molecule has 0 aromatic carbocycles. The summed E-state index contributed by atoms with van der Waals surface area (Å²) in [6.07, 6.45) is 1.67. The van der Waals surface area contributed by atoms with Gasteiger partial charge >= 0.3 is 5.97 Å². The molecule has 2 heterocycles. The number of carbonyl (C=O) groups is 1. The molecule has 1 atom stereocenters. The van der Waals surface area contributed by atoms with Crippen molar-refractivity contribution in [3.63, 3.8) is 0 Å². The zero-order valence-electron chi connectivity index (χ0n) is 16.0. The summed E-state index contributed by atoms with van der Waals surface area (Å²) in [7, 11) is 5.48. The number of aliphatic imine (C=N–C) groups is 1. The van der Waals surface area contributed by atoms with Crippen LogP contribution in [-0.2, 0) is 9.53 Å². The number of hydrogen-bond donors (Lipinski definition) is 1. The van der Waals surface area contributed by atoms with Crippen LogP contribution in [0.25, 0.3) is 0 Å². The van der Waals surface area contributed by atoms with Crippen molar-refractivity contribution in [2.45, 2.75) is 25.8 Å². The number of nitrogens with zero attached hydrogens (tertiary/aromatic N) is 4. The Balaban J connectivity index is 0.00000312. The number of piperazine rings is 1. The lowest BCUT2D eigenvalue weighted by Gasteiger charge is -2.38. The van der Waals surface area contributed by atoms with Crippen molar-refractivity contribution in [2.24, 2.45) is 10.9 Å². The first-order chi connectivity index (χ1) is 11.5. The second-order valence-corrected chi connectivity index (χ2v) is 6.90. The van der Waals surface area contributed by atoms with Gasteiger partial charge in [0.25, 0.3) is 0 Å². The van der Waals surface area contributed by atoms with Crippen LogP contribution in [0.15, 0.2) is 4.99 Å². The fraction of sp³-hybridized carbons (Fsp3) is 0.882. The second kappa shape index (κ2) is 11.2. The van der Waals surface area contributed by atoms with E-state index in [0.717, 1.165) is 64.6 Å². The topological polar surface area (TPSA) is 60.4 Å². The molecule has 0 aromatic rings. The molecule has 146 valence electrons. The number of rotatable bonds is 4. The van der Waals surface area contributed by atoms with Crippen LogP contribution in [0.5, 0.6) is 0 Å². The maximum absolute atomic E-state index is 11.6. The third-order valence-electron chi connectivity index (χ3n) is 5.26. The first kappa shape index (κ1) is 22.4. The van der Waals surface area contributed by atoms with E-state index in [1.54, 1.807) is 0 Å². The molecule has 25 heavy (non-hydrogen) atoms. The maximum atomic E-state index is 11.6. The molecule has 1 N–H and O–H groups in total.